The van der Waals surface area contributed by atoms with Crippen LogP contribution in [0.15, 0.2) is 10.7 Å². The maximum Gasteiger partial charge on any atom is 0.130 e. The van der Waals surface area contributed by atoms with Gasteiger partial charge >= 0.3 is 0 Å². The van der Waals surface area contributed by atoms with Crippen LogP contribution < -0.4 is 5.32 Å². The molecular formula is C8H12BrN3O. The Bertz CT molecular complexity index is 270. The van der Waals surface area contributed by atoms with Crippen LogP contribution in [0.5, 0.6) is 0 Å². The Balaban J connectivity index is 2.66. The van der Waals surface area contributed by atoms with Crippen LogP contribution in [-0.2, 0) is 0 Å². The van der Waals surface area contributed by atoms with Crippen molar-refractivity contribution >= 4 is 21.7 Å². The molecule has 0 saturated heterocycles. The zero-order chi connectivity index (χ0) is 9.84. The molecule has 2 N–H and O–H groups in total. The lowest BCUT2D eigenvalue weighted by atomic mass is 10.4. The second-order valence-corrected chi connectivity index (χ2v) is 3.67. The summed E-state index contributed by atoms with van der Waals surface area (Å²) >= 11 is 3.27. The van der Waals surface area contributed by atoms with Gasteiger partial charge in [0.15, 0.2) is 0 Å². The summed E-state index contributed by atoms with van der Waals surface area (Å²) in [6, 6.07) is 1.77. The van der Waals surface area contributed by atoms with Crippen molar-refractivity contribution in [2.45, 2.75) is 20.0 Å². The molecule has 1 atom stereocenters. The minimum Gasteiger partial charge on any atom is -0.392 e. The van der Waals surface area contributed by atoms with Gasteiger partial charge in [0.25, 0.3) is 0 Å². The van der Waals surface area contributed by atoms with Gasteiger partial charge in [-0.2, -0.15) is 0 Å². The van der Waals surface area contributed by atoms with Crippen LogP contribution in [0.25, 0.3) is 0 Å². The molecule has 0 aliphatic carbocycles. The molecule has 4 nitrogen and oxygen atoms in total. The average Bonchev–Trinajstić information content (AvgIpc) is 1.99. The van der Waals surface area contributed by atoms with Gasteiger partial charge in [-0.25, -0.2) is 9.97 Å². The fourth-order valence-electron chi connectivity index (χ4n) is 0.874. The highest BCUT2D eigenvalue weighted by Crippen LogP contribution is 2.11. The zero-order valence-electron chi connectivity index (χ0n) is 7.58. The number of aryl methyl sites for hydroxylation is 1. The third-order valence-electron chi connectivity index (χ3n) is 1.39. The molecule has 72 valence electrons. The molecule has 0 bridgehead atoms. The number of nitrogens with zero attached hydrogens (tertiary/aromatic N) is 2. The van der Waals surface area contributed by atoms with Crippen LogP contribution in [0.3, 0.4) is 0 Å². The molecule has 1 aromatic rings. The molecule has 0 radical (unpaired) electrons. The Morgan fingerprint density at radius 2 is 2.31 bits per heavy atom. The number of rotatable bonds is 3. The van der Waals surface area contributed by atoms with E-state index in [2.05, 4.69) is 31.2 Å². The molecule has 0 aromatic carbocycles. The third kappa shape index (κ3) is 3.69. The number of hydrogen-bond donors (Lipinski definition) is 2. The van der Waals surface area contributed by atoms with E-state index in [1.54, 1.807) is 13.0 Å². The third-order valence-corrected chi connectivity index (χ3v) is 1.79. The summed E-state index contributed by atoms with van der Waals surface area (Å²) in [5.41, 5.74) is 0. The van der Waals surface area contributed by atoms with Gasteiger partial charge in [0.2, 0.25) is 0 Å². The van der Waals surface area contributed by atoms with E-state index >= 15 is 0 Å². The average molecular weight is 246 g/mol. The summed E-state index contributed by atoms with van der Waals surface area (Å²) in [7, 11) is 0. The van der Waals surface area contributed by atoms with E-state index in [-0.39, 0.29) is 6.10 Å². The monoisotopic (exact) mass is 245 g/mol. The number of aromatic nitrogens is 2. The lowest BCUT2D eigenvalue weighted by molar-refractivity contribution is 0.208. The highest BCUT2D eigenvalue weighted by Gasteiger charge is 2.00. The lowest BCUT2D eigenvalue weighted by Gasteiger charge is -2.07. The van der Waals surface area contributed by atoms with Crippen LogP contribution in [0.1, 0.15) is 12.7 Å². The molecule has 1 rings (SSSR count). The fraction of sp³-hybridized carbons (Fsp3) is 0.500. The molecule has 0 amide bonds. The summed E-state index contributed by atoms with van der Waals surface area (Å²) in [5, 5.41) is 12.0. The number of nitrogens with one attached hydrogen (secondary N) is 1. The van der Waals surface area contributed by atoms with Gasteiger partial charge in [-0.05, 0) is 29.8 Å². The molecule has 0 saturated carbocycles. The molecule has 13 heavy (non-hydrogen) atoms. The van der Waals surface area contributed by atoms with Crippen molar-refractivity contribution in [2.24, 2.45) is 0 Å². The second-order valence-electron chi connectivity index (χ2n) is 2.85. The quantitative estimate of drug-likeness (QED) is 0.790. The minimum atomic E-state index is -0.381. The van der Waals surface area contributed by atoms with Crippen molar-refractivity contribution in [2.75, 3.05) is 11.9 Å². The van der Waals surface area contributed by atoms with Gasteiger partial charge in [-0.15, -0.1) is 0 Å². The van der Waals surface area contributed by atoms with E-state index in [9.17, 15) is 0 Å². The number of hydrogen-bond acceptors (Lipinski definition) is 4. The normalized spacial score (nSPS) is 12.6. The Labute approximate surface area is 85.5 Å². The molecule has 0 aliphatic heterocycles. The molecule has 1 aromatic heterocycles. The predicted molar refractivity (Wildman–Crippen MR) is 54.6 cm³/mol. The lowest BCUT2D eigenvalue weighted by Crippen LogP contribution is -2.16. The number of aliphatic hydroxyl groups excluding tert-OH is 1. The van der Waals surface area contributed by atoms with Gasteiger partial charge in [-0.1, -0.05) is 0 Å². The Morgan fingerprint density at radius 3 is 2.85 bits per heavy atom. The van der Waals surface area contributed by atoms with Gasteiger partial charge in [0, 0.05) is 12.6 Å². The van der Waals surface area contributed by atoms with Crippen molar-refractivity contribution in [3.8, 4) is 0 Å². The van der Waals surface area contributed by atoms with Gasteiger partial charge in [0.1, 0.15) is 16.2 Å². The second kappa shape index (κ2) is 4.53. The van der Waals surface area contributed by atoms with E-state index in [0.29, 0.717) is 12.4 Å². The smallest absolute Gasteiger partial charge is 0.130 e. The Morgan fingerprint density at radius 1 is 1.62 bits per heavy atom. The van der Waals surface area contributed by atoms with E-state index in [1.165, 1.54) is 0 Å². The molecule has 5 heteroatoms. The van der Waals surface area contributed by atoms with Crippen LogP contribution >= 0.6 is 15.9 Å². The van der Waals surface area contributed by atoms with E-state index in [1.807, 2.05) is 6.92 Å². The summed E-state index contributed by atoms with van der Waals surface area (Å²) in [6.07, 6.45) is -0.381. The van der Waals surface area contributed by atoms with Crippen LogP contribution in [0.2, 0.25) is 0 Å². The summed E-state index contributed by atoms with van der Waals surface area (Å²) in [5.74, 6) is 1.42. The molecule has 0 aliphatic rings. The molecular weight excluding hydrogens is 234 g/mol. The predicted octanol–water partition coefficient (Wildman–Crippen LogP) is 1.34. The van der Waals surface area contributed by atoms with E-state index in [4.69, 9.17) is 5.11 Å². The van der Waals surface area contributed by atoms with Crippen LogP contribution in [0, 0.1) is 6.92 Å². The van der Waals surface area contributed by atoms with Gasteiger partial charge in [0.05, 0.1) is 6.10 Å². The summed E-state index contributed by atoms with van der Waals surface area (Å²) in [6.45, 7) is 4.03. The first kappa shape index (κ1) is 10.4. The van der Waals surface area contributed by atoms with Crippen LogP contribution in [-0.4, -0.2) is 27.7 Å². The molecule has 1 unspecified atom stereocenters. The maximum absolute atomic E-state index is 9.03. The Hall–Kier alpha value is -0.680. The van der Waals surface area contributed by atoms with Crippen molar-refractivity contribution in [1.29, 1.82) is 0 Å². The number of anilines is 1. The van der Waals surface area contributed by atoms with Crippen molar-refractivity contribution in [3.63, 3.8) is 0 Å². The topological polar surface area (TPSA) is 58.0 Å². The van der Waals surface area contributed by atoms with Gasteiger partial charge < -0.3 is 10.4 Å². The van der Waals surface area contributed by atoms with Crippen molar-refractivity contribution < 1.29 is 5.11 Å². The molecule has 0 spiro atoms. The summed E-state index contributed by atoms with van der Waals surface area (Å²) < 4.78 is 0.744. The van der Waals surface area contributed by atoms with Crippen LogP contribution in [0.4, 0.5) is 5.82 Å². The van der Waals surface area contributed by atoms with E-state index in [0.717, 1.165) is 10.4 Å². The SMILES string of the molecule is Cc1nc(Br)cc(NCC(C)O)n1. The van der Waals surface area contributed by atoms with Crippen molar-refractivity contribution in [1.82, 2.24) is 9.97 Å². The first-order chi connectivity index (χ1) is 6.08. The highest BCUT2D eigenvalue weighted by atomic mass is 79.9. The molecule has 1 heterocycles. The standard InChI is InChI=1S/C8H12BrN3O/c1-5(13)4-10-8-3-7(9)11-6(2)12-8/h3,5,13H,4H2,1-2H3,(H,10,11,12). The number of halogens is 1. The van der Waals surface area contributed by atoms with Crippen molar-refractivity contribution in [3.05, 3.63) is 16.5 Å². The van der Waals surface area contributed by atoms with Gasteiger partial charge in [-0.3, -0.25) is 0 Å². The fourth-order valence-corrected chi connectivity index (χ4v) is 1.35. The Kier molecular flexibility index (Phi) is 3.62. The van der Waals surface area contributed by atoms with E-state index < -0.39 is 0 Å². The summed E-state index contributed by atoms with van der Waals surface area (Å²) in [4.78, 5) is 8.21. The minimum absolute atomic E-state index is 0.381. The number of aliphatic hydroxyl groups is 1. The molecule has 0 fully saturated rings. The zero-order valence-corrected chi connectivity index (χ0v) is 9.17. The largest absolute Gasteiger partial charge is 0.392 e. The highest BCUT2D eigenvalue weighted by molar-refractivity contribution is 9.10. The maximum atomic E-state index is 9.03. The first-order valence-electron chi connectivity index (χ1n) is 4.01. The first-order valence-corrected chi connectivity index (χ1v) is 4.80.